The van der Waals surface area contributed by atoms with Gasteiger partial charge in [-0.15, -0.1) is 0 Å². The van der Waals surface area contributed by atoms with Crippen molar-refractivity contribution in [3.63, 3.8) is 0 Å². The fourth-order valence-electron chi connectivity index (χ4n) is 1.92. The van der Waals surface area contributed by atoms with Crippen LogP contribution in [0.4, 0.5) is 13.2 Å². The minimum Gasteiger partial charge on any atom is -0.475 e. The van der Waals surface area contributed by atoms with Gasteiger partial charge in [-0.05, 0) is 6.42 Å². The van der Waals surface area contributed by atoms with E-state index in [2.05, 4.69) is 4.99 Å². The van der Waals surface area contributed by atoms with Gasteiger partial charge in [0.2, 0.25) is 0 Å². The Bertz CT molecular complexity index is 404. The first-order chi connectivity index (χ1) is 10.5. The standard InChI is InChI=1S/C9H20N4O3.C2HF3O2/c10-9(11)12-2-1-3-13-4-7(15)8(16)6(13)5-14;3-2(4,5)1(6)7/h6-8,14-16H,1-5H2,(H4,10,11,12);(H,6,7)/t6-,7+,8-;/m1./s1. The minimum atomic E-state index is -5.08. The van der Waals surface area contributed by atoms with Crippen LogP contribution < -0.4 is 11.5 Å². The van der Waals surface area contributed by atoms with E-state index in [-0.39, 0.29) is 12.6 Å². The quantitative estimate of drug-likeness (QED) is 0.183. The number of aliphatic imine (C=N–C) groups is 1. The lowest BCUT2D eigenvalue weighted by atomic mass is 10.1. The van der Waals surface area contributed by atoms with Crippen molar-refractivity contribution in [1.29, 1.82) is 0 Å². The maximum absolute atomic E-state index is 10.6. The monoisotopic (exact) mass is 346 g/mol. The van der Waals surface area contributed by atoms with Crippen molar-refractivity contribution in [3.8, 4) is 0 Å². The van der Waals surface area contributed by atoms with E-state index in [9.17, 15) is 23.4 Å². The average Bonchev–Trinajstić information content (AvgIpc) is 2.69. The van der Waals surface area contributed by atoms with E-state index < -0.39 is 30.4 Å². The fourth-order valence-corrected chi connectivity index (χ4v) is 1.92. The summed E-state index contributed by atoms with van der Waals surface area (Å²) in [6, 6.07) is -0.394. The Balaban J connectivity index is 0.000000585. The Morgan fingerprint density at radius 3 is 2.22 bits per heavy atom. The Labute approximate surface area is 130 Å². The Morgan fingerprint density at radius 2 is 1.83 bits per heavy atom. The zero-order valence-corrected chi connectivity index (χ0v) is 12.1. The molecule has 0 spiro atoms. The van der Waals surface area contributed by atoms with Gasteiger partial charge in [-0.3, -0.25) is 9.89 Å². The van der Waals surface area contributed by atoms with Gasteiger partial charge in [0.05, 0.1) is 24.9 Å². The summed E-state index contributed by atoms with van der Waals surface area (Å²) in [4.78, 5) is 14.6. The van der Waals surface area contributed by atoms with Gasteiger partial charge >= 0.3 is 12.1 Å². The van der Waals surface area contributed by atoms with Gasteiger partial charge in [0.1, 0.15) is 0 Å². The number of likely N-dealkylation sites (tertiary alicyclic amines) is 1. The summed E-state index contributed by atoms with van der Waals surface area (Å²) in [5, 5.41) is 35.2. The van der Waals surface area contributed by atoms with E-state index >= 15 is 0 Å². The Kier molecular flexibility index (Phi) is 8.82. The molecule has 0 unspecified atom stereocenters. The average molecular weight is 346 g/mol. The molecule has 0 amide bonds. The molecule has 0 bridgehead atoms. The van der Waals surface area contributed by atoms with Crippen LogP contribution in [0.5, 0.6) is 0 Å². The smallest absolute Gasteiger partial charge is 0.475 e. The number of nitrogens with zero attached hydrogens (tertiary/aromatic N) is 2. The molecule has 0 aromatic rings. The number of hydrogen-bond donors (Lipinski definition) is 6. The number of β-amino-alcohol motifs (C(OH)–C–C–N with tert-alkyl or cyclic N) is 1. The van der Waals surface area contributed by atoms with E-state index in [0.29, 0.717) is 26.1 Å². The Hall–Kier alpha value is -1.63. The van der Waals surface area contributed by atoms with Crippen LogP contribution in [0.15, 0.2) is 4.99 Å². The summed E-state index contributed by atoms with van der Waals surface area (Å²) in [6.45, 7) is 1.34. The third kappa shape index (κ3) is 7.97. The molecular weight excluding hydrogens is 325 g/mol. The summed E-state index contributed by atoms with van der Waals surface area (Å²) in [6.07, 6.45) is -6.04. The van der Waals surface area contributed by atoms with Gasteiger partial charge in [-0.2, -0.15) is 13.2 Å². The van der Waals surface area contributed by atoms with E-state index in [0.717, 1.165) is 0 Å². The van der Waals surface area contributed by atoms with Gasteiger partial charge in [-0.1, -0.05) is 0 Å². The number of hydrogen-bond acceptors (Lipinski definition) is 6. The highest BCUT2D eigenvalue weighted by atomic mass is 19.4. The van der Waals surface area contributed by atoms with Crippen LogP contribution in [0, 0.1) is 0 Å². The van der Waals surface area contributed by atoms with Crippen molar-refractivity contribution in [2.45, 2.75) is 30.8 Å². The number of carboxylic acids is 1. The molecular formula is C11H21F3N4O5. The zero-order chi connectivity index (χ0) is 18.2. The first kappa shape index (κ1) is 21.4. The number of aliphatic carboxylic acids is 1. The topological polar surface area (TPSA) is 166 Å². The van der Waals surface area contributed by atoms with Gasteiger partial charge in [0.25, 0.3) is 0 Å². The SMILES string of the molecule is NC(N)=NCCCN1C[C@H](O)[C@H](O)[C@H]1CO.O=C(O)C(F)(F)F. The second-order valence-corrected chi connectivity index (χ2v) is 4.77. The summed E-state index contributed by atoms with van der Waals surface area (Å²) in [5.41, 5.74) is 10.4. The molecule has 1 heterocycles. The highest BCUT2D eigenvalue weighted by Gasteiger charge is 2.39. The van der Waals surface area contributed by atoms with E-state index in [1.165, 1.54) is 0 Å². The van der Waals surface area contributed by atoms with Crippen molar-refractivity contribution in [2.75, 3.05) is 26.2 Å². The summed E-state index contributed by atoms with van der Waals surface area (Å²) < 4.78 is 31.7. The largest absolute Gasteiger partial charge is 0.490 e. The van der Waals surface area contributed by atoms with Crippen LogP contribution in [-0.4, -0.2) is 87.9 Å². The third-order valence-electron chi connectivity index (χ3n) is 3.01. The van der Waals surface area contributed by atoms with Crippen molar-refractivity contribution in [3.05, 3.63) is 0 Å². The number of halogens is 3. The van der Waals surface area contributed by atoms with Crippen molar-refractivity contribution in [2.24, 2.45) is 16.5 Å². The van der Waals surface area contributed by atoms with Crippen LogP contribution in [0.3, 0.4) is 0 Å². The maximum atomic E-state index is 10.6. The number of aliphatic hydroxyl groups excluding tert-OH is 3. The van der Waals surface area contributed by atoms with Gasteiger partial charge in [0, 0.05) is 19.6 Å². The lowest BCUT2D eigenvalue weighted by Gasteiger charge is -2.23. The number of carboxylic acid groups (broad SMARTS) is 1. The predicted octanol–water partition coefficient (Wildman–Crippen LogP) is -2.32. The van der Waals surface area contributed by atoms with Gasteiger partial charge in [0.15, 0.2) is 5.96 Å². The first-order valence-corrected chi connectivity index (χ1v) is 6.57. The maximum Gasteiger partial charge on any atom is 0.490 e. The van der Waals surface area contributed by atoms with E-state index in [1.807, 2.05) is 4.90 Å². The minimum absolute atomic E-state index is 0.0557. The highest BCUT2D eigenvalue weighted by molar-refractivity contribution is 5.75. The van der Waals surface area contributed by atoms with Crippen LogP contribution in [0.25, 0.3) is 0 Å². The molecule has 12 heteroatoms. The number of guanidine groups is 1. The highest BCUT2D eigenvalue weighted by Crippen LogP contribution is 2.18. The number of nitrogens with two attached hydrogens (primary N) is 2. The molecule has 8 N–H and O–H groups in total. The van der Waals surface area contributed by atoms with Crippen LogP contribution in [0.1, 0.15) is 6.42 Å². The molecule has 1 aliphatic rings. The summed E-state index contributed by atoms with van der Waals surface area (Å²) in [5.74, 6) is -2.70. The van der Waals surface area contributed by atoms with Gasteiger partial charge < -0.3 is 31.9 Å². The molecule has 1 fully saturated rings. The lowest BCUT2D eigenvalue weighted by molar-refractivity contribution is -0.192. The fraction of sp³-hybridized carbons (Fsp3) is 0.818. The number of alkyl halides is 3. The van der Waals surface area contributed by atoms with Crippen molar-refractivity contribution < 1.29 is 38.4 Å². The van der Waals surface area contributed by atoms with E-state index in [1.54, 1.807) is 0 Å². The molecule has 1 rings (SSSR count). The number of aliphatic hydroxyl groups is 3. The lowest BCUT2D eigenvalue weighted by Crippen LogP contribution is -2.39. The van der Waals surface area contributed by atoms with Crippen molar-refractivity contribution in [1.82, 2.24) is 4.90 Å². The molecule has 23 heavy (non-hydrogen) atoms. The molecule has 136 valence electrons. The van der Waals surface area contributed by atoms with Crippen LogP contribution in [-0.2, 0) is 4.79 Å². The molecule has 1 saturated heterocycles. The van der Waals surface area contributed by atoms with Crippen LogP contribution >= 0.6 is 0 Å². The van der Waals surface area contributed by atoms with Gasteiger partial charge in [-0.25, -0.2) is 4.79 Å². The molecule has 0 radical (unpaired) electrons. The number of carbonyl (C=O) groups is 1. The summed E-state index contributed by atoms with van der Waals surface area (Å²) in [7, 11) is 0. The number of rotatable bonds is 5. The van der Waals surface area contributed by atoms with Crippen LogP contribution in [0.2, 0.25) is 0 Å². The second-order valence-electron chi connectivity index (χ2n) is 4.77. The summed E-state index contributed by atoms with van der Waals surface area (Å²) >= 11 is 0. The normalized spacial score (nSPS) is 24.7. The van der Waals surface area contributed by atoms with Crippen molar-refractivity contribution >= 4 is 11.9 Å². The van der Waals surface area contributed by atoms with E-state index in [4.69, 9.17) is 26.5 Å². The molecule has 0 aromatic carbocycles. The second kappa shape index (κ2) is 9.50. The zero-order valence-electron chi connectivity index (χ0n) is 12.1. The molecule has 1 aliphatic heterocycles. The molecule has 0 saturated carbocycles. The predicted molar refractivity (Wildman–Crippen MR) is 73.4 cm³/mol. The molecule has 9 nitrogen and oxygen atoms in total. The Morgan fingerprint density at radius 1 is 1.30 bits per heavy atom. The third-order valence-corrected chi connectivity index (χ3v) is 3.01. The molecule has 3 atom stereocenters. The molecule has 0 aliphatic carbocycles. The molecule has 0 aromatic heterocycles. The first-order valence-electron chi connectivity index (χ1n) is 6.57.